The molecule has 0 unspecified atom stereocenters. The third-order valence-electron chi connectivity index (χ3n) is 4.42. The molecule has 2 aromatic heterocycles. The van der Waals surface area contributed by atoms with Crippen LogP contribution in [0.2, 0.25) is 0 Å². The quantitative estimate of drug-likeness (QED) is 0.817. The summed E-state index contributed by atoms with van der Waals surface area (Å²) in [5.41, 5.74) is 1.50. The zero-order valence-corrected chi connectivity index (χ0v) is 15.9. The van der Waals surface area contributed by atoms with Crippen LogP contribution in [0.4, 0.5) is 0 Å². The molecule has 26 heavy (non-hydrogen) atoms. The standard InChI is InChI=1S/C19H26N4O3/c1-13(2)25-17-9-16(10-20-11-17)19(24)23-7-5-22(6-8-23)12-18-21-14(3)15(4)26-18/h9-11,13H,5-8,12H2,1-4H3. The Morgan fingerprint density at radius 1 is 1.23 bits per heavy atom. The number of amides is 1. The van der Waals surface area contributed by atoms with Crippen molar-refractivity contribution in [2.24, 2.45) is 0 Å². The van der Waals surface area contributed by atoms with Crippen LogP contribution in [0.1, 0.15) is 41.6 Å². The molecule has 0 radical (unpaired) electrons. The molecule has 7 nitrogen and oxygen atoms in total. The van der Waals surface area contributed by atoms with Crippen molar-refractivity contribution < 1.29 is 13.9 Å². The van der Waals surface area contributed by atoms with Gasteiger partial charge in [-0.3, -0.25) is 14.7 Å². The van der Waals surface area contributed by atoms with Crippen molar-refractivity contribution in [1.82, 2.24) is 19.8 Å². The molecule has 0 N–H and O–H groups in total. The third-order valence-corrected chi connectivity index (χ3v) is 4.42. The lowest BCUT2D eigenvalue weighted by molar-refractivity contribution is 0.0616. The largest absolute Gasteiger partial charge is 0.489 e. The summed E-state index contributed by atoms with van der Waals surface area (Å²) in [7, 11) is 0. The average Bonchev–Trinajstić information content (AvgIpc) is 2.92. The van der Waals surface area contributed by atoms with Crippen LogP contribution in [0.3, 0.4) is 0 Å². The van der Waals surface area contributed by atoms with E-state index in [2.05, 4.69) is 14.9 Å². The first-order chi connectivity index (χ1) is 12.4. The number of carbonyl (C=O) groups excluding carboxylic acids is 1. The lowest BCUT2D eigenvalue weighted by atomic mass is 10.2. The van der Waals surface area contributed by atoms with Gasteiger partial charge in [0, 0.05) is 32.4 Å². The maximum absolute atomic E-state index is 12.7. The highest BCUT2D eigenvalue weighted by molar-refractivity contribution is 5.94. The average molecular weight is 358 g/mol. The summed E-state index contributed by atoms with van der Waals surface area (Å²) in [6, 6.07) is 1.76. The number of oxazole rings is 1. The number of aromatic nitrogens is 2. The van der Waals surface area contributed by atoms with E-state index in [9.17, 15) is 4.79 Å². The highest BCUT2D eigenvalue weighted by atomic mass is 16.5. The summed E-state index contributed by atoms with van der Waals surface area (Å²) >= 11 is 0. The van der Waals surface area contributed by atoms with Crippen molar-refractivity contribution in [2.45, 2.75) is 40.3 Å². The van der Waals surface area contributed by atoms with Crippen LogP contribution in [0, 0.1) is 13.8 Å². The van der Waals surface area contributed by atoms with Gasteiger partial charge in [-0.2, -0.15) is 0 Å². The van der Waals surface area contributed by atoms with E-state index in [0.29, 0.717) is 30.9 Å². The van der Waals surface area contributed by atoms with E-state index in [1.165, 1.54) is 0 Å². The van der Waals surface area contributed by atoms with E-state index in [-0.39, 0.29) is 12.0 Å². The van der Waals surface area contributed by atoms with Crippen LogP contribution in [0.5, 0.6) is 5.75 Å². The molecule has 140 valence electrons. The second-order valence-corrected chi connectivity index (χ2v) is 6.89. The normalized spacial score (nSPS) is 15.5. The molecule has 0 bridgehead atoms. The molecule has 1 saturated heterocycles. The highest BCUT2D eigenvalue weighted by Gasteiger charge is 2.23. The van der Waals surface area contributed by atoms with Gasteiger partial charge in [0.15, 0.2) is 0 Å². The monoisotopic (exact) mass is 358 g/mol. The number of carbonyl (C=O) groups is 1. The zero-order valence-electron chi connectivity index (χ0n) is 15.9. The highest BCUT2D eigenvalue weighted by Crippen LogP contribution is 2.17. The maximum atomic E-state index is 12.7. The summed E-state index contributed by atoms with van der Waals surface area (Å²) in [4.78, 5) is 25.4. The van der Waals surface area contributed by atoms with E-state index < -0.39 is 0 Å². The minimum atomic E-state index is -0.00540. The summed E-state index contributed by atoms with van der Waals surface area (Å²) in [6.45, 7) is 11.4. The van der Waals surface area contributed by atoms with Crippen LogP contribution in [0.25, 0.3) is 0 Å². The molecule has 3 rings (SSSR count). The summed E-state index contributed by atoms with van der Waals surface area (Å²) in [5, 5.41) is 0. The number of ether oxygens (including phenoxy) is 1. The predicted molar refractivity (Wildman–Crippen MR) is 97.2 cm³/mol. The van der Waals surface area contributed by atoms with Crippen molar-refractivity contribution in [1.29, 1.82) is 0 Å². The van der Waals surface area contributed by atoms with Crippen LogP contribution in [0.15, 0.2) is 22.9 Å². The van der Waals surface area contributed by atoms with Gasteiger partial charge in [-0.1, -0.05) is 0 Å². The molecule has 1 amide bonds. The van der Waals surface area contributed by atoms with Crippen LogP contribution in [-0.4, -0.2) is 58.0 Å². The Hall–Kier alpha value is -2.41. The first-order valence-electron chi connectivity index (χ1n) is 8.98. The third kappa shape index (κ3) is 4.40. The molecular weight excluding hydrogens is 332 g/mol. The molecule has 0 aliphatic carbocycles. The Balaban J connectivity index is 1.56. The first-order valence-corrected chi connectivity index (χ1v) is 8.98. The van der Waals surface area contributed by atoms with Gasteiger partial charge in [-0.15, -0.1) is 0 Å². The van der Waals surface area contributed by atoms with E-state index in [1.54, 1.807) is 18.5 Å². The first kappa shape index (κ1) is 18.4. The zero-order chi connectivity index (χ0) is 18.7. The van der Waals surface area contributed by atoms with Gasteiger partial charge in [0.05, 0.1) is 30.1 Å². The molecule has 0 atom stereocenters. The number of nitrogens with zero attached hydrogens (tertiary/aromatic N) is 4. The number of rotatable bonds is 5. The van der Waals surface area contributed by atoms with Crippen molar-refractivity contribution in [3.05, 3.63) is 41.4 Å². The maximum Gasteiger partial charge on any atom is 0.255 e. The Kier molecular flexibility index (Phi) is 5.56. The fourth-order valence-corrected chi connectivity index (χ4v) is 2.96. The van der Waals surface area contributed by atoms with Crippen molar-refractivity contribution in [3.8, 4) is 5.75 Å². The minimum absolute atomic E-state index is 0.00540. The Labute approximate surface area is 154 Å². The molecular formula is C19H26N4O3. The second kappa shape index (κ2) is 7.86. The molecule has 7 heteroatoms. The van der Waals surface area contributed by atoms with Crippen molar-refractivity contribution >= 4 is 5.91 Å². The van der Waals surface area contributed by atoms with E-state index in [1.807, 2.05) is 32.6 Å². The molecule has 0 aromatic carbocycles. The lowest BCUT2D eigenvalue weighted by Gasteiger charge is -2.34. The Morgan fingerprint density at radius 3 is 2.58 bits per heavy atom. The summed E-state index contributed by atoms with van der Waals surface area (Å²) in [6.07, 6.45) is 3.28. The Bertz CT molecular complexity index is 744. The number of hydrogen-bond acceptors (Lipinski definition) is 6. The number of hydrogen-bond donors (Lipinski definition) is 0. The van der Waals surface area contributed by atoms with E-state index in [0.717, 1.165) is 30.4 Å². The fraction of sp³-hybridized carbons (Fsp3) is 0.526. The molecule has 3 heterocycles. The van der Waals surface area contributed by atoms with Crippen LogP contribution < -0.4 is 4.74 Å². The van der Waals surface area contributed by atoms with E-state index in [4.69, 9.17) is 9.15 Å². The molecule has 1 aliphatic heterocycles. The van der Waals surface area contributed by atoms with Gasteiger partial charge >= 0.3 is 0 Å². The van der Waals surface area contributed by atoms with Gasteiger partial charge in [0.25, 0.3) is 5.91 Å². The number of pyridine rings is 1. The summed E-state index contributed by atoms with van der Waals surface area (Å²) in [5.74, 6) is 2.22. The molecule has 1 fully saturated rings. The fourth-order valence-electron chi connectivity index (χ4n) is 2.96. The molecule has 0 spiro atoms. The van der Waals surface area contributed by atoms with Crippen molar-refractivity contribution in [3.63, 3.8) is 0 Å². The van der Waals surface area contributed by atoms with E-state index >= 15 is 0 Å². The van der Waals surface area contributed by atoms with Gasteiger partial charge < -0.3 is 14.1 Å². The van der Waals surface area contributed by atoms with Gasteiger partial charge in [0.1, 0.15) is 11.5 Å². The van der Waals surface area contributed by atoms with Gasteiger partial charge in [-0.25, -0.2) is 4.98 Å². The predicted octanol–water partition coefficient (Wildman–Crippen LogP) is 2.43. The van der Waals surface area contributed by atoms with Crippen LogP contribution >= 0.6 is 0 Å². The lowest BCUT2D eigenvalue weighted by Crippen LogP contribution is -2.48. The van der Waals surface area contributed by atoms with Crippen LogP contribution in [-0.2, 0) is 6.54 Å². The topological polar surface area (TPSA) is 71.7 Å². The minimum Gasteiger partial charge on any atom is -0.489 e. The summed E-state index contributed by atoms with van der Waals surface area (Å²) < 4.78 is 11.3. The second-order valence-electron chi connectivity index (χ2n) is 6.89. The van der Waals surface area contributed by atoms with Gasteiger partial charge in [0.2, 0.25) is 5.89 Å². The number of aryl methyl sites for hydroxylation is 2. The molecule has 1 aliphatic rings. The molecule has 2 aromatic rings. The SMILES string of the molecule is Cc1nc(CN2CCN(C(=O)c3cncc(OC(C)C)c3)CC2)oc1C. The smallest absolute Gasteiger partial charge is 0.255 e. The van der Waals surface area contributed by atoms with Gasteiger partial charge in [-0.05, 0) is 33.8 Å². The molecule has 0 saturated carbocycles. The number of piperazine rings is 1. The Morgan fingerprint density at radius 2 is 1.96 bits per heavy atom. The van der Waals surface area contributed by atoms with Crippen molar-refractivity contribution in [2.75, 3.05) is 26.2 Å².